The van der Waals surface area contributed by atoms with Crippen molar-refractivity contribution in [2.45, 2.75) is 19.3 Å². The maximum absolute atomic E-state index is 3.69. The lowest BCUT2D eigenvalue weighted by Crippen LogP contribution is -2.11. The molecule has 1 atom stereocenters. The first-order valence-corrected chi connectivity index (χ1v) is 6.56. The van der Waals surface area contributed by atoms with Crippen LogP contribution in [0.2, 0.25) is 0 Å². The number of fused-ring (bicyclic) bond motifs is 1. The van der Waals surface area contributed by atoms with Crippen molar-refractivity contribution >= 4 is 31.9 Å². The van der Waals surface area contributed by atoms with Gasteiger partial charge in [0.1, 0.15) is 0 Å². The number of hydrogen-bond acceptors (Lipinski definition) is 0. The van der Waals surface area contributed by atoms with E-state index in [1.807, 2.05) is 0 Å². The summed E-state index contributed by atoms with van der Waals surface area (Å²) in [6.45, 7) is 0. The molecule has 2 aliphatic carbocycles. The number of halogens is 2. The summed E-state index contributed by atoms with van der Waals surface area (Å²) in [4.78, 5) is 0. The van der Waals surface area contributed by atoms with Crippen LogP contribution in [0.1, 0.15) is 19.3 Å². The fourth-order valence-corrected chi connectivity index (χ4v) is 3.61. The fourth-order valence-electron chi connectivity index (χ4n) is 1.97. The van der Waals surface area contributed by atoms with E-state index in [9.17, 15) is 0 Å². The van der Waals surface area contributed by atoms with Crippen molar-refractivity contribution in [3.05, 3.63) is 33.9 Å². The number of rotatable bonds is 1. The van der Waals surface area contributed by atoms with Gasteiger partial charge in [-0.05, 0) is 36.3 Å². The van der Waals surface area contributed by atoms with Gasteiger partial charge in [-0.1, -0.05) is 50.1 Å². The van der Waals surface area contributed by atoms with E-state index in [2.05, 4.69) is 50.1 Å². The Kier molecular flexibility index (Phi) is 3.10. The minimum atomic E-state index is 0.766. The summed E-state index contributed by atoms with van der Waals surface area (Å²) >= 11 is 7.20. The van der Waals surface area contributed by atoms with Crippen molar-refractivity contribution in [2.24, 2.45) is 5.92 Å². The molecular formula is C11H12Br2. The Bertz CT molecular complexity index is 297. The molecular weight excluding hydrogens is 292 g/mol. The highest BCUT2D eigenvalue weighted by molar-refractivity contribution is 9.12. The zero-order valence-electron chi connectivity index (χ0n) is 7.39. The molecule has 0 amide bonds. The van der Waals surface area contributed by atoms with Gasteiger partial charge in [0.15, 0.2) is 0 Å². The first kappa shape index (κ1) is 9.72. The van der Waals surface area contributed by atoms with Crippen LogP contribution in [-0.2, 0) is 0 Å². The van der Waals surface area contributed by atoms with Crippen LogP contribution in [0.5, 0.6) is 0 Å². The quantitative estimate of drug-likeness (QED) is 0.633. The van der Waals surface area contributed by atoms with Gasteiger partial charge in [-0.15, -0.1) is 0 Å². The third-order valence-corrected chi connectivity index (χ3v) is 4.32. The van der Waals surface area contributed by atoms with Gasteiger partial charge in [-0.3, -0.25) is 0 Å². The van der Waals surface area contributed by atoms with E-state index in [-0.39, 0.29) is 0 Å². The predicted octanol–water partition coefficient (Wildman–Crippen LogP) is 4.33. The van der Waals surface area contributed by atoms with Crippen LogP contribution in [0.25, 0.3) is 0 Å². The van der Waals surface area contributed by atoms with Gasteiger partial charge in [0.25, 0.3) is 0 Å². The highest BCUT2D eigenvalue weighted by Gasteiger charge is 2.22. The second kappa shape index (κ2) is 4.14. The molecule has 0 nitrogen and oxygen atoms in total. The third kappa shape index (κ3) is 1.84. The molecule has 13 heavy (non-hydrogen) atoms. The summed E-state index contributed by atoms with van der Waals surface area (Å²) in [6.07, 6.45) is 10.7. The Morgan fingerprint density at radius 2 is 2.31 bits per heavy atom. The molecule has 0 spiro atoms. The standard InChI is InChI=1S/C11H12Br2/c12-7-9-6-5-8-3-1-2-4-10(8)11(9)13/h2,4,6,8H,1,3,5,7H2. The molecule has 0 aliphatic heterocycles. The normalized spacial score (nSPS) is 27.2. The lowest BCUT2D eigenvalue weighted by atomic mass is 9.82. The van der Waals surface area contributed by atoms with Gasteiger partial charge < -0.3 is 0 Å². The molecule has 2 rings (SSSR count). The molecule has 0 saturated carbocycles. The van der Waals surface area contributed by atoms with Crippen LogP contribution in [0, 0.1) is 5.92 Å². The second-order valence-corrected chi connectivity index (χ2v) is 4.90. The van der Waals surface area contributed by atoms with Crippen molar-refractivity contribution in [1.29, 1.82) is 0 Å². The van der Waals surface area contributed by atoms with Gasteiger partial charge in [0.2, 0.25) is 0 Å². The molecule has 0 aromatic rings. The molecule has 1 unspecified atom stereocenters. The molecule has 0 fully saturated rings. The van der Waals surface area contributed by atoms with Crippen molar-refractivity contribution < 1.29 is 0 Å². The van der Waals surface area contributed by atoms with E-state index in [0.29, 0.717) is 0 Å². The third-order valence-electron chi connectivity index (χ3n) is 2.75. The van der Waals surface area contributed by atoms with Crippen LogP contribution in [0.3, 0.4) is 0 Å². The maximum atomic E-state index is 3.69. The molecule has 0 radical (unpaired) electrons. The molecule has 0 N–H and O–H groups in total. The minimum Gasteiger partial charge on any atom is -0.0876 e. The van der Waals surface area contributed by atoms with E-state index in [0.717, 1.165) is 11.2 Å². The lowest BCUT2D eigenvalue weighted by Gasteiger charge is -2.26. The summed E-state index contributed by atoms with van der Waals surface area (Å²) in [6, 6.07) is 0. The van der Waals surface area contributed by atoms with Crippen LogP contribution < -0.4 is 0 Å². The first-order chi connectivity index (χ1) is 6.33. The Morgan fingerprint density at radius 3 is 3.08 bits per heavy atom. The van der Waals surface area contributed by atoms with Crippen molar-refractivity contribution in [3.63, 3.8) is 0 Å². The number of hydrogen-bond donors (Lipinski definition) is 0. The van der Waals surface area contributed by atoms with Gasteiger partial charge in [0.05, 0.1) is 0 Å². The fraction of sp³-hybridized carbons (Fsp3) is 0.455. The van der Waals surface area contributed by atoms with E-state index < -0.39 is 0 Å². The van der Waals surface area contributed by atoms with E-state index in [1.54, 1.807) is 0 Å². The number of alkyl halides is 1. The van der Waals surface area contributed by atoms with Crippen LogP contribution in [0.15, 0.2) is 33.9 Å². The van der Waals surface area contributed by atoms with Crippen molar-refractivity contribution in [3.8, 4) is 0 Å². The van der Waals surface area contributed by atoms with Gasteiger partial charge in [0, 0.05) is 9.81 Å². The monoisotopic (exact) mass is 302 g/mol. The van der Waals surface area contributed by atoms with Crippen LogP contribution >= 0.6 is 31.9 Å². The average molecular weight is 304 g/mol. The predicted molar refractivity (Wildman–Crippen MR) is 64.3 cm³/mol. The van der Waals surface area contributed by atoms with Crippen LogP contribution in [-0.4, -0.2) is 5.33 Å². The molecule has 0 bridgehead atoms. The smallest absolute Gasteiger partial charge is 0.0291 e. The average Bonchev–Trinajstić information content (AvgIpc) is 2.19. The van der Waals surface area contributed by atoms with Gasteiger partial charge in [-0.2, -0.15) is 0 Å². The number of allylic oxidation sites excluding steroid dienone is 6. The molecule has 0 aromatic heterocycles. The minimum absolute atomic E-state index is 0.766. The van der Waals surface area contributed by atoms with E-state index >= 15 is 0 Å². The Labute approximate surface area is 96.0 Å². The first-order valence-electron chi connectivity index (χ1n) is 4.64. The Hall–Kier alpha value is 0.180. The molecule has 0 heterocycles. The van der Waals surface area contributed by atoms with Gasteiger partial charge >= 0.3 is 0 Å². The molecule has 0 aromatic carbocycles. The summed E-state index contributed by atoms with van der Waals surface area (Å²) in [7, 11) is 0. The molecule has 70 valence electrons. The highest BCUT2D eigenvalue weighted by atomic mass is 79.9. The summed E-state index contributed by atoms with van der Waals surface area (Å²) < 4.78 is 1.32. The molecule has 0 saturated heterocycles. The topological polar surface area (TPSA) is 0 Å². The summed E-state index contributed by atoms with van der Waals surface area (Å²) in [5, 5.41) is 0.956. The lowest BCUT2D eigenvalue weighted by molar-refractivity contribution is 0.562. The molecule has 2 heteroatoms. The van der Waals surface area contributed by atoms with Crippen molar-refractivity contribution in [1.82, 2.24) is 0 Å². The Balaban J connectivity index is 2.36. The zero-order chi connectivity index (χ0) is 9.26. The molecule has 2 aliphatic rings. The van der Waals surface area contributed by atoms with Gasteiger partial charge in [-0.25, -0.2) is 0 Å². The zero-order valence-corrected chi connectivity index (χ0v) is 10.6. The van der Waals surface area contributed by atoms with E-state index in [4.69, 9.17) is 0 Å². The van der Waals surface area contributed by atoms with Crippen LogP contribution in [0.4, 0.5) is 0 Å². The van der Waals surface area contributed by atoms with Crippen molar-refractivity contribution in [2.75, 3.05) is 5.33 Å². The Morgan fingerprint density at radius 1 is 1.46 bits per heavy atom. The largest absolute Gasteiger partial charge is 0.0876 e. The summed E-state index contributed by atoms with van der Waals surface area (Å²) in [5.41, 5.74) is 2.90. The van der Waals surface area contributed by atoms with E-state index in [1.165, 1.54) is 34.9 Å². The summed E-state index contributed by atoms with van der Waals surface area (Å²) in [5.74, 6) is 0.766. The highest BCUT2D eigenvalue weighted by Crippen LogP contribution is 2.39. The SMILES string of the molecule is BrCC1=CCC2CCC=CC2=C1Br. The maximum Gasteiger partial charge on any atom is 0.0291 e. The second-order valence-electron chi connectivity index (χ2n) is 3.54.